The van der Waals surface area contributed by atoms with Gasteiger partial charge in [0.25, 0.3) is 5.56 Å². The molecule has 0 saturated heterocycles. The van der Waals surface area contributed by atoms with Crippen molar-refractivity contribution in [2.45, 2.75) is 24.2 Å². The minimum Gasteiger partial charge on any atom is -0.466 e. The summed E-state index contributed by atoms with van der Waals surface area (Å²) in [7, 11) is 0. The molecule has 8 heteroatoms. The van der Waals surface area contributed by atoms with Gasteiger partial charge in [0.2, 0.25) is 0 Å². The van der Waals surface area contributed by atoms with Crippen LogP contribution in [0, 0.1) is 0 Å². The lowest BCUT2D eigenvalue weighted by molar-refractivity contribution is -0.152. The fraction of sp³-hybridized carbons (Fsp3) is 0.500. The SMILES string of the molecule is CCOC(=O)CC1(O)CSc2nc(N)cc(=O)n21. The number of ether oxygens (including phenoxy) is 1. The standard InChI is InChI=1S/C10H13N3O4S/c1-2-17-8(15)4-10(16)5-18-9-12-6(11)3-7(14)13(9)10/h3,16H,2,4-5,11H2,1H3. The molecular formula is C10H13N3O4S. The van der Waals surface area contributed by atoms with Crippen LogP contribution in [0.1, 0.15) is 13.3 Å². The number of hydrogen-bond acceptors (Lipinski definition) is 7. The summed E-state index contributed by atoms with van der Waals surface area (Å²) in [5, 5.41) is 10.7. The van der Waals surface area contributed by atoms with Crippen LogP contribution in [0.25, 0.3) is 0 Å². The van der Waals surface area contributed by atoms with Gasteiger partial charge in [-0.15, -0.1) is 0 Å². The van der Waals surface area contributed by atoms with Gasteiger partial charge in [0.1, 0.15) is 5.82 Å². The molecule has 7 nitrogen and oxygen atoms in total. The highest BCUT2D eigenvalue weighted by molar-refractivity contribution is 7.99. The molecule has 1 aromatic heterocycles. The number of nitrogens with zero attached hydrogens (tertiary/aromatic N) is 2. The Morgan fingerprint density at radius 2 is 2.50 bits per heavy atom. The van der Waals surface area contributed by atoms with Crippen LogP contribution >= 0.6 is 11.8 Å². The maximum Gasteiger partial charge on any atom is 0.310 e. The number of thioether (sulfide) groups is 1. The van der Waals surface area contributed by atoms with Gasteiger partial charge in [-0.2, -0.15) is 0 Å². The normalized spacial score (nSPS) is 21.7. The van der Waals surface area contributed by atoms with Gasteiger partial charge in [-0.1, -0.05) is 11.8 Å². The number of rotatable bonds is 3. The van der Waals surface area contributed by atoms with Crippen molar-refractivity contribution in [3.05, 3.63) is 16.4 Å². The molecule has 2 rings (SSSR count). The van der Waals surface area contributed by atoms with Crippen molar-refractivity contribution in [1.29, 1.82) is 0 Å². The van der Waals surface area contributed by atoms with E-state index in [0.29, 0.717) is 5.16 Å². The molecule has 0 aliphatic carbocycles. The van der Waals surface area contributed by atoms with Crippen molar-refractivity contribution in [2.24, 2.45) is 0 Å². The zero-order valence-corrected chi connectivity index (χ0v) is 10.6. The molecule has 2 heterocycles. The van der Waals surface area contributed by atoms with Crippen molar-refractivity contribution >= 4 is 23.5 Å². The Hall–Kier alpha value is -1.54. The van der Waals surface area contributed by atoms with Crippen LogP contribution in [0.3, 0.4) is 0 Å². The first kappa shape index (κ1) is 12.9. The van der Waals surface area contributed by atoms with Crippen molar-refractivity contribution in [1.82, 2.24) is 9.55 Å². The molecule has 0 amide bonds. The van der Waals surface area contributed by atoms with Crippen LogP contribution in [0.2, 0.25) is 0 Å². The molecule has 0 aromatic carbocycles. The molecular weight excluding hydrogens is 258 g/mol. The first-order valence-corrected chi connectivity index (χ1v) is 6.35. The Balaban J connectivity index is 2.35. The first-order valence-electron chi connectivity index (χ1n) is 5.37. The second kappa shape index (κ2) is 4.62. The van der Waals surface area contributed by atoms with Crippen molar-refractivity contribution in [2.75, 3.05) is 18.1 Å². The Kier molecular flexibility index (Phi) is 3.31. The molecule has 0 bridgehead atoms. The average molecular weight is 271 g/mol. The van der Waals surface area contributed by atoms with Gasteiger partial charge in [-0.05, 0) is 6.92 Å². The summed E-state index contributed by atoms with van der Waals surface area (Å²) in [5.74, 6) is -0.298. The van der Waals surface area contributed by atoms with Gasteiger partial charge < -0.3 is 15.6 Å². The number of nitrogen functional groups attached to an aromatic ring is 1. The van der Waals surface area contributed by atoms with Crippen LogP contribution < -0.4 is 11.3 Å². The zero-order chi connectivity index (χ0) is 13.3. The number of esters is 1. The lowest BCUT2D eigenvalue weighted by Crippen LogP contribution is -2.42. The highest BCUT2D eigenvalue weighted by Crippen LogP contribution is 2.35. The third-order valence-corrected chi connectivity index (χ3v) is 3.63. The third kappa shape index (κ3) is 2.21. The van der Waals surface area contributed by atoms with E-state index < -0.39 is 17.3 Å². The lowest BCUT2D eigenvalue weighted by Gasteiger charge is -2.23. The van der Waals surface area contributed by atoms with Gasteiger partial charge in [0, 0.05) is 6.07 Å². The topological polar surface area (TPSA) is 107 Å². The summed E-state index contributed by atoms with van der Waals surface area (Å²) >= 11 is 1.18. The molecule has 3 N–H and O–H groups in total. The van der Waals surface area contributed by atoms with E-state index in [4.69, 9.17) is 10.5 Å². The molecule has 1 atom stereocenters. The predicted molar refractivity (Wildman–Crippen MR) is 65.1 cm³/mol. The van der Waals surface area contributed by atoms with E-state index in [9.17, 15) is 14.7 Å². The average Bonchev–Trinajstić information content (AvgIpc) is 2.55. The summed E-state index contributed by atoms with van der Waals surface area (Å²) in [5.41, 5.74) is 3.39. The largest absolute Gasteiger partial charge is 0.466 e. The molecule has 0 radical (unpaired) electrons. The first-order chi connectivity index (χ1) is 8.46. The van der Waals surface area contributed by atoms with Gasteiger partial charge >= 0.3 is 5.97 Å². The third-order valence-electron chi connectivity index (χ3n) is 2.49. The number of aliphatic hydroxyl groups is 1. The maximum absolute atomic E-state index is 11.8. The summed E-state index contributed by atoms with van der Waals surface area (Å²) in [6.45, 7) is 1.90. The van der Waals surface area contributed by atoms with E-state index in [1.807, 2.05) is 0 Å². The number of anilines is 1. The highest BCUT2D eigenvalue weighted by atomic mass is 32.2. The highest BCUT2D eigenvalue weighted by Gasteiger charge is 2.41. The Morgan fingerprint density at radius 1 is 1.78 bits per heavy atom. The summed E-state index contributed by atoms with van der Waals surface area (Å²) in [6, 6.07) is 1.12. The monoisotopic (exact) mass is 271 g/mol. The van der Waals surface area contributed by atoms with Gasteiger partial charge in [0.15, 0.2) is 10.9 Å². The van der Waals surface area contributed by atoms with Gasteiger partial charge in [-0.3, -0.25) is 14.2 Å². The Labute approximate surface area is 107 Å². The molecule has 98 valence electrons. The number of fused-ring (bicyclic) bond motifs is 1. The second-order valence-electron chi connectivity index (χ2n) is 3.89. The van der Waals surface area contributed by atoms with E-state index in [-0.39, 0.29) is 24.6 Å². The van der Waals surface area contributed by atoms with E-state index in [2.05, 4.69) is 4.98 Å². The smallest absolute Gasteiger partial charge is 0.310 e. The summed E-state index contributed by atoms with van der Waals surface area (Å²) in [6.07, 6.45) is -0.285. The second-order valence-corrected chi connectivity index (χ2v) is 4.83. The molecule has 0 saturated carbocycles. The van der Waals surface area contributed by atoms with Crippen molar-refractivity contribution in [3.63, 3.8) is 0 Å². The number of hydrogen-bond donors (Lipinski definition) is 2. The molecule has 1 aromatic rings. The maximum atomic E-state index is 11.8. The molecule has 1 aliphatic heterocycles. The molecule has 1 aliphatic rings. The van der Waals surface area contributed by atoms with Crippen molar-refractivity contribution in [3.8, 4) is 0 Å². The number of nitrogens with two attached hydrogens (primary N) is 1. The van der Waals surface area contributed by atoms with E-state index in [0.717, 1.165) is 10.6 Å². The number of aromatic nitrogens is 2. The molecule has 1 unspecified atom stereocenters. The van der Waals surface area contributed by atoms with E-state index >= 15 is 0 Å². The predicted octanol–water partition coefficient (Wildman–Crippen LogP) is -0.471. The molecule has 0 spiro atoms. The minimum absolute atomic E-state index is 0.0964. The van der Waals surface area contributed by atoms with Crippen LogP contribution in [0.4, 0.5) is 5.82 Å². The Morgan fingerprint density at radius 3 is 3.17 bits per heavy atom. The van der Waals surface area contributed by atoms with Gasteiger partial charge in [-0.25, -0.2) is 4.98 Å². The lowest BCUT2D eigenvalue weighted by atomic mass is 10.1. The zero-order valence-electron chi connectivity index (χ0n) is 9.75. The fourth-order valence-corrected chi connectivity index (χ4v) is 2.93. The number of carbonyl (C=O) groups is 1. The van der Waals surface area contributed by atoms with Crippen LogP contribution in [-0.4, -0.2) is 33.0 Å². The fourth-order valence-electron chi connectivity index (χ4n) is 1.78. The van der Waals surface area contributed by atoms with Crippen LogP contribution in [-0.2, 0) is 15.3 Å². The van der Waals surface area contributed by atoms with Crippen molar-refractivity contribution < 1.29 is 14.6 Å². The minimum atomic E-state index is -1.59. The number of carbonyl (C=O) groups excluding carboxylic acids is 1. The van der Waals surface area contributed by atoms with Crippen LogP contribution in [0.15, 0.2) is 16.0 Å². The quantitative estimate of drug-likeness (QED) is 0.565. The summed E-state index contributed by atoms with van der Waals surface area (Å²) < 4.78 is 5.87. The van der Waals surface area contributed by atoms with Gasteiger partial charge in [0.05, 0.1) is 18.8 Å². The van der Waals surface area contributed by atoms with E-state index in [1.165, 1.54) is 11.8 Å². The molecule has 18 heavy (non-hydrogen) atoms. The summed E-state index contributed by atoms with van der Waals surface area (Å²) in [4.78, 5) is 27.2. The van der Waals surface area contributed by atoms with E-state index in [1.54, 1.807) is 6.92 Å². The molecule has 0 fully saturated rings. The van der Waals surface area contributed by atoms with Crippen LogP contribution in [0.5, 0.6) is 0 Å². The Bertz CT molecular complexity index is 544.